The van der Waals surface area contributed by atoms with Crippen molar-refractivity contribution in [2.45, 2.75) is 18.4 Å². The predicted octanol–water partition coefficient (Wildman–Crippen LogP) is 1.42. The van der Waals surface area contributed by atoms with Crippen molar-refractivity contribution in [1.82, 2.24) is 10.2 Å². The Labute approximate surface area is 137 Å². The molecule has 0 aliphatic carbocycles. The maximum atomic E-state index is 12.4. The number of amides is 1. The lowest BCUT2D eigenvalue weighted by atomic mass is 9.98. The van der Waals surface area contributed by atoms with E-state index in [0.717, 1.165) is 31.8 Å². The summed E-state index contributed by atoms with van der Waals surface area (Å²) < 4.78 is 10.6. The minimum Gasteiger partial charge on any atom is -0.497 e. The lowest BCUT2D eigenvalue weighted by Crippen LogP contribution is -2.52. The number of ether oxygens (including phenoxy) is 2. The molecule has 2 heterocycles. The fourth-order valence-electron chi connectivity index (χ4n) is 3.05. The molecule has 22 heavy (non-hydrogen) atoms. The van der Waals surface area contributed by atoms with Crippen molar-refractivity contribution in [2.24, 2.45) is 0 Å². The van der Waals surface area contributed by atoms with Gasteiger partial charge in [-0.15, -0.1) is 12.4 Å². The highest BCUT2D eigenvalue weighted by Crippen LogP contribution is 2.28. The molecule has 2 unspecified atom stereocenters. The molecular formula is C16H23ClN2O3. The molecule has 0 spiro atoms. The van der Waals surface area contributed by atoms with Crippen molar-refractivity contribution in [3.8, 4) is 5.75 Å². The fourth-order valence-corrected chi connectivity index (χ4v) is 3.05. The zero-order chi connectivity index (χ0) is 14.7. The summed E-state index contributed by atoms with van der Waals surface area (Å²) in [6.45, 7) is 3.56. The van der Waals surface area contributed by atoms with Crippen LogP contribution in [0.5, 0.6) is 5.75 Å². The number of morpholine rings is 1. The summed E-state index contributed by atoms with van der Waals surface area (Å²) in [6.07, 6.45) is 1.02. The summed E-state index contributed by atoms with van der Waals surface area (Å²) in [7, 11) is 1.67. The molecule has 1 aromatic rings. The summed E-state index contributed by atoms with van der Waals surface area (Å²) >= 11 is 0. The molecule has 2 atom stereocenters. The van der Waals surface area contributed by atoms with E-state index in [1.54, 1.807) is 7.11 Å². The van der Waals surface area contributed by atoms with Gasteiger partial charge >= 0.3 is 0 Å². The van der Waals surface area contributed by atoms with Gasteiger partial charge < -0.3 is 19.7 Å². The number of halogens is 1. The smallest absolute Gasteiger partial charge is 0.242 e. The Morgan fingerprint density at radius 2 is 2.14 bits per heavy atom. The minimum absolute atomic E-state index is 0. The van der Waals surface area contributed by atoms with Crippen LogP contribution in [0, 0.1) is 0 Å². The van der Waals surface area contributed by atoms with Gasteiger partial charge in [0.15, 0.2) is 0 Å². The van der Waals surface area contributed by atoms with Crippen LogP contribution in [0.3, 0.4) is 0 Å². The highest BCUT2D eigenvalue weighted by atomic mass is 35.5. The largest absolute Gasteiger partial charge is 0.497 e. The first-order valence-corrected chi connectivity index (χ1v) is 7.52. The van der Waals surface area contributed by atoms with E-state index in [-0.39, 0.29) is 24.4 Å². The molecule has 0 saturated carbocycles. The van der Waals surface area contributed by atoms with Gasteiger partial charge in [0.2, 0.25) is 5.91 Å². The number of hydrogen-bond donors (Lipinski definition) is 1. The molecule has 122 valence electrons. The fraction of sp³-hybridized carbons (Fsp3) is 0.562. The first-order chi connectivity index (χ1) is 10.3. The van der Waals surface area contributed by atoms with Gasteiger partial charge in [0.25, 0.3) is 0 Å². The summed E-state index contributed by atoms with van der Waals surface area (Å²) in [5.74, 6) is 1.46. The standard InChI is InChI=1S/C16H22N2O3.ClH/c1-20-14-4-2-12(3-5-14)13-6-8-18(10-13)16(19)15-11-21-9-7-17-15;/h2-5,13,15,17H,6-11H2,1H3;1H. The van der Waals surface area contributed by atoms with E-state index >= 15 is 0 Å². The average Bonchev–Trinajstić information content (AvgIpc) is 3.05. The molecule has 2 aliphatic heterocycles. The number of carbonyl (C=O) groups is 1. The Kier molecular flexibility index (Phi) is 6.06. The second-order valence-electron chi connectivity index (χ2n) is 5.62. The van der Waals surface area contributed by atoms with Gasteiger partial charge in [-0.2, -0.15) is 0 Å². The van der Waals surface area contributed by atoms with E-state index in [4.69, 9.17) is 9.47 Å². The molecule has 0 aromatic heterocycles. The third-order valence-corrected chi connectivity index (χ3v) is 4.31. The number of carbonyl (C=O) groups excluding carboxylic acids is 1. The van der Waals surface area contributed by atoms with Crippen LogP contribution >= 0.6 is 12.4 Å². The van der Waals surface area contributed by atoms with E-state index in [0.29, 0.717) is 19.1 Å². The first kappa shape index (κ1) is 17.1. The molecule has 0 bridgehead atoms. The summed E-state index contributed by atoms with van der Waals surface area (Å²) in [6, 6.07) is 7.99. The van der Waals surface area contributed by atoms with Crippen molar-refractivity contribution in [1.29, 1.82) is 0 Å². The zero-order valence-electron chi connectivity index (χ0n) is 12.8. The Bertz CT molecular complexity index is 489. The molecule has 2 saturated heterocycles. The molecule has 2 fully saturated rings. The van der Waals surface area contributed by atoms with Crippen molar-refractivity contribution in [3.63, 3.8) is 0 Å². The molecule has 0 radical (unpaired) electrons. The topological polar surface area (TPSA) is 50.8 Å². The van der Waals surface area contributed by atoms with Gasteiger partial charge in [0.05, 0.1) is 20.3 Å². The molecule has 1 aromatic carbocycles. The molecule has 1 amide bonds. The highest BCUT2D eigenvalue weighted by Gasteiger charge is 2.32. The Morgan fingerprint density at radius 3 is 2.77 bits per heavy atom. The number of methoxy groups -OCH3 is 1. The average molecular weight is 327 g/mol. The monoisotopic (exact) mass is 326 g/mol. The van der Waals surface area contributed by atoms with Gasteiger partial charge in [0, 0.05) is 25.6 Å². The Hall–Kier alpha value is -1.30. The van der Waals surface area contributed by atoms with Crippen molar-refractivity contribution >= 4 is 18.3 Å². The maximum Gasteiger partial charge on any atom is 0.242 e. The highest BCUT2D eigenvalue weighted by molar-refractivity contribution is 5.85. The SMILES string of the molecule is COc1ccc(C2CCN(C(=O)C3COCCN3)C2)cc1.Cl. The molecule has 3 rings (SSSR count). The minimum atomic E-state index is -0.173. The normalized spacial score (nSPS) is 24.7. The van der Waals surface area contributed by atoms with Crippen molar-refractivity contribution in [2.75, 3.05) is 40.0 Å². The maximum absolute atomic E-state index is 12.4. The number of nitrogens with zero attached hydrogens (tertiary/aromatic N) is 1. The van der Waals surface area contributed by atoms with Crippen molar-refractivity contribution in [3.05, 3.63) is 29.8 Å². The Balaban J connectivity index is 0.00000176. The zero-order valence-corrected chi connectivity index (χ0v) is 13.6. The van der Waals surface area contributed by atoms with Crippen LogP contribution in [0.1, 0.15) is 17.9 Å². The van der Waals surface area contributed by atoms with Gasteiger partial charge in [-0.3, -0.25) is 4.79 Å². The third-order valence-electron chi connectivity index (χ3n) is 4.31. The number of rotatable bonds is 3. The van der Waals surface area contributed by atoms with Gasteiger partial charge in [-0.05, 0) is 24.1 Å². The molecule has 2 aliphatic rings. The van der Waals surface area contributed by atoms with E-state index in [9.17, 15) is 4.79 Å². The van der Waals surface area contributed by atoms with E-state index < -0.39 is 0 Å². The Morgan fingerprint density at radius 1 is 1.36 bits per heavy atom. The van der Waals surface area contributed by atoms with Crippen LogP contribution in [0.25, 0.3) is 0 Å². The number of likely N-dealkylation sites (tertiary alicyclic amines) is 1. The van der Waals surface area contributed by atoms with Crippen LogP contribution < -0.4 is 10.1 Å². The van der Waals surface area contributed by atoms with Gasteiger partial charge in [-0.25, -0.2) is 0 Å². The van der Waals surface area contributed by atoms with Gasteiger partial charge in [-0.1, -0.05) is 12.1 Å². The third kappa shape index (κ3) is 3.72. The van der Waals surface area contributed by atoms with Crippen LogP contribution in [0.4, 0.5) is 0 Å². The number of nitrogens with one attached hydrogen (secondary N) is 1. The predicted molar refractivity (Wildman–Crippen MR) is 86.8 cm³/mol. The molecular weight excluding hydrogens is 304 g/mol. The second kappa shape index (κ2) is 7.81. The first-order valence-electron chi connectivity index (χ1n) is 7.52. The van der Waals surface area contributed by atoms with E-state index in [1.807, 2.05) is 17.0 Å². The number of benzene rings is 1. The van der Waals surface area contributed by atoms with Crippen LogP contribution in [-0.4, -0.2) is 56.8 Å². The van der Waals surface area contributed by atoms with Gasteiger partial charge in [0.1, 0.15) is 11.8 Å². The molecule has 1 N–H and O–H groups in total. The number of hydrogen-bond acceptors (Lipinski definition) is 4. The summed E-state index contributed by atoms with van der Waals surface area (Å²) in [5, 5.41) is 3.23. The van der Waals surface area contributed by atoms with Crippen molar-refractivity contribution < 1.29 is 14.3 Å². The van der Waals surface area contributed by atoms with Crippen LogP contribution in [0.15, 0.2) is 24.3 Å². The summed E-state index contributed by atoms with van der Waals surface area (Å²) in [5.41, 5.74) is 1.28. The summed E-state index contributed by atoms with van der Waals surface area (Å²) in [4.78, 5) is 14.4. The van der Waals surface area contributed by atoms with Crippen LogP contribution in [0.2, 0.25) is 0 Å². The lowest BCUT2D eigenvalue weighted by molar-refractivity contribution is -0.135. The molecule has 6 heteroatoms. The van der Waals surface area contributed by atoms with E-state index in [2.05, 4.69) is 17.4 Å². The lowest BCUT2D eigenvalue weighted by Gasteiger charge is -2.27. The van der Waals surface area contributed by atoms with Crippen LogP contribution in [-0.2, 0) is 9.53 Å². The quantitative estimate of drug-likeness (QED) is 0.913. The van der Waals surface area contributed by atoms with E-state index in [1.165, 1.54) is 5.56 Å². The molecule has 5 nitrogen and oxygen atoms in total. The second-order valence-corrected chi connectivity index (χ2v) is 5.62.